The summed E-state index contributed by atoms with van der Waals surface area (Å²) in [6.45, 7) is 0. The number of hydrogen-bond donors (Lipinski definition) is 0. The lowest BCUT2D eigenvalue weighted by Gasteiger charge is -2.25. The second kappa shape index (κ2) is 8.74. The largest absolute Gasteiger partial charge is 0.497 e. The van der Waals surface area contributed by atoms with Crippen LogP contribution in [0.15, 0.2) is 112 Å². The molecule has 1 aliphatic heterocycles. The second-order valence-corrected chi connectivity index (χ2v) is 8.43. The van der Waals surface area contributed by atoms with Crippen molar-refractivity contribution in [3.05, 3.63) is 130 Å². The zero-order valence-corrected chi connectivity index (χ0v) is 19.4. The summed E-state index contributed by atoms with van der Waals surface area (Å²) in [4.78, 5) is 29.0. The molecule has 0 N–H and O–H groups in total. The summed E-state index contributed by atoms with van der Waals surface area (Å²) in [6.07, 6.45) is 0. The quantitative estimate of drug-likeness (QED) is 0.297. The maximum Gasteiger partial charge on any atom is 0.295 e. The average molecular weight is 476 g/mol. The van der Waals surface area contributed by atoms with Crippen LogP contribution < -0.4 is 19.8 Å². The molecule has 36 heavy (non-hydrogen) atoms. The topological polar surface area (TPSA) is 69.0 Å². The molecule has 6 rings (SSSR count). The van der Waals surface area contributed by atoms with Crippen LogP contribution in [0.4, 0.5) is 5.69 Å². The van der Waals surface area contributed by atoms with Gasteiger partial charge in [-0.1, -0.05) is 42.5 Å². The molecule has 1 unspecified atom stereocenters. The molecule has 1 aliphatic rings. The Hall–Kier alpha value is -4.84. The van der Waals surface area contributed by atoms with Crippen LogP contribution in [-0.4, -0.2) is 13.0 Å². The molecule has 0 fully saturated rings. The molecule has 6 heteroatoms. The highest BCUT2D eigenvalue weighted by Crippen LogP contribution is 2.42. The number of methoxy groups -OCH3 is 1. The van der Waals surface area contributed by atoms with Crippen molar-refractivity contribution >= 4 is 22.6 Å². The lowest BCUT2D eigenvalue weighted by atomic mass is 9.98. The van der Waals surface area contributed by atoms with Crippen molar-refractivity contribution in [2.75, 3.05) is 12.0 Å². The zero-order chi connectivity index (χ0) is 24.6. The van der Waals surface area contributed by atoms with E-state index in [0.717, 1.165) is 5.56 Å². The maximum atomic E-state index is 13.7. The van der Waals surface area contributed by atoms with E-state index in [1.807, 2.05) is 54.6 Å². The number of ether oxygens (including phenoxy) is 2. The van der Waals surface area contributed by atoms with Crippen molar-refractivity contribution < 1.29 is 18.7 Å². The molecule has 0 aliphatic carbocycles. The fourth-order valence-corrected chi connectivity index (χ4v) is 4.62. The normalized spacial score (nSPS) is 14.6. The Morgan fingerprint density at radius 2 is 1.47 bits per heavy atom. The van der Waals surface area contributed by atoms with E-state index in [-0.39, 0.29) is 17.1 Å². The van der Waals surface area contributed by atoms with Gasteiger partial charge in [-0.05, 0) is 66.2 Å². The Labute approximate surface area is 206 Å². The van der Waals surface area contributed by atoms with Crippen LogP contribution in [0.3, 0.4) is 0 Å². The van der Waals surface area contributed by atoms with Crippen LogP contribution in [-0.2, 0) is 0 Å². The maximum absolute atomic E-state index is 13.7. The van der Waals surface area contributed by atoms with E-state index < -0.39 is 6.04 Å². The van der Waals surface area contributed by atoms with Crippen molar-refractivity contribution in [3.8, 4) is 17.2 Å². The fraction of sp³-hybridized carbons (Fsp3) is 0.0667. The van der Waals surface area contributed by atoms with Gasteiger partial charge in [-0.2, -0.15) is 0 Å². The van der Waals surface area contributed by atoms with E-state index in [0.29, 0.717) is 39.5 Å². The Morgan fingerprint density at radius 1 is 0.750 bits per heavy atom. The van der Waals surface area contributed by atoms with E-state index >= 15 is 0 Å². The number of para-hydroxylation sites is 2. The lowest BCUT2D eigenvalue weighted by Crippen LogP contribution is -2.29. The molecule has 0 saturated carbocycles. The van der Waals surface area contributed by atoms with Gasteiger partial charge in [0.25, 0.3) is 5.91 Å². The summed E-state index contributed by atoms with van der Waals surface area (Å²) in [7, 11) is 1.58. The highest BCUT2D eigenvalue weighted by molar-refractivity contribution is 6.10. The number of nitrogens with zero attached hydrogens (tertiary/aromatic N) is 1. The Balaban J connectivity index is 1.53. The molecular formula is C30H21NO5. The summed E-state index contributed by atoms with van der Waals surface area (Å²) in [5, 5.41) is 0.433. The number of carbonyl (C=O) groups is 1. The monoisotopic (exact) mass is 475 g/mol. The van der Waals surface area contributed by atoms with Crippen LogP contribution in [0.5, 0.6) is 17.2 Å². The predicted molar refractivity (Wildman–Crippen MR) is 137 cm³/mol. The van der Waals surface area contributed by atoms with Crippen LogP contribution in [0.25, 0.3) is 11.0 Å². The first-order chi connectivity index (χ1) is 17.6. The van der Waals surface area contributed by atoms with Crippen LogP contribution in [0.1, 0.15) is 27.7 Å². The number of amides is 1. The first-order valence-corrected chi connectivity index (χ1v) is 11.5. The third-order valence-electron chi connectivity index (χ3n) is 6.28. The summed E-state index contributed by atoms with van der Waals surface area (Å²) in [5.41, 5.74) is 1.82. The molecule has 1 atom stereocenters. The lowest BCUT2D eigenvalue weighted by molar-refractivity contribution is 0.0971. The summed E-state index contributed by atoms with van der Waals surface area (Å²) < 4.78 is 17.4. The molecule has 0 spiro atoms. The Kier molecular flexibility index (Phi) is 5.26. The molecule has 176 valence electrons. The standard InChI is InChI=1S/C30H21NO5/c1-34-21-16-14-20(15-17-21)31-27(19-8-7-11-23(18-19)35-22-9-3-2-4-10-22)26-28(32)24-12-5-6-13-25(24)36-29(26)30(31)33/h2-18,27H,1H3. The van der Waals surface area contributed by atoms with Gasteiger partial charge in [-0.25, -0.2) is 0 Å². The van der Waals surface area contributed by atoms with Crippen LogP contribution in [0, 0.1) is 0 Å². The number of rotatable bonds is 5. The van der Waals surface area contributed by atoms with Gasteiger partial charge in [-0.3, -0.25) is 14.5 Å². The van der Waals surface area contributed by atoms with Crippen molar-refractivity contribution in [2.24, 2.45) is 0 Å². The smallest absolute Gasteiger partial charge is 0.295 e. The van der Waals surface area contributed by atoms with E-state index in [1.165, 1.54) is 0 Å². The summed E-state index contributed by atoms with van der Waals surface area (Å²) in [5.74, 6) is 1.62. The van der Waals surface area contributed by atoms with Crippen molar-refractivity contribution in [1.82, 2.24) is 0 Å². The first kappa shape index (κ1) is 21.7. The fourth-order valence-electron chi connectivity index (χ4n) is 4.62. The van der Waals surface area contributed by atoms with Crippen molar-refractivity contribution in [2.45, 2.75) is 6.04 Å². The second-order valence-electron chi connectivity index (χ2n) is 8.43. The van der Waals surface area contributed by atoms with Gasteiger partial charge >= 0.3 is 0 Å². The number of carbonyl (C=O) groups excluding carboxylic acids is 1. The molecule has 6 nitrogen and oxygen atoms in total. The van der Waals surface area contributed by atoms with Gasteiger partial charge in [0.05, 0.1) is 24.1 Å². The molecule has 2 heterocycles. The summed E-state index contributed by atoms with van der Waals surface area (Å²) in [6, 6.07) is 30.3. The van der Waals surface area contributed by atoms with Crippen LogP contribution >= 0.6 is 0 Å². The predicted octanol–water partition coefficient (Wildman–Crippen LogP) is 6.34. The molecule has 1 aromatic heterocycles. The van der Waals surface area contributed by atoms with Gasteiger partial charge in [-0.15, -0.1) is 0 Å². The van der Waals surface area contributed by atoms with Crippen molar-refractivity contribution in [1.29, 1.82) is 0 Å². The van der Waals surface area contributed by atoms with E-state index in [9.17, 15) is 9.59 Å². The average Bonchev–Trinajstić information content (AvgIpc) is 3.22. The third-order valence-corrected chi connectivity index (χ3v) is 6.28. The number of hydrogen-bond acceptors (Lipinski definition) is 5. The summed E-state index contributed by atoms with van der Waals surface area (Å²) >= 11 is 0. The van der Waals surface area contributed by atoms with E-state index in [1.54, 1.807) is 60.5 Å². The van der Waals surface area contributed by atoms with Gasteiger partial charge in [0, 0.05) is 5.69 Å². The van der Waals surface area contributed by atoms with Gasteiger partial charge in [0.15, 0.2) is 5.43 Å². The van der Waals surface area contributed by atoms with E-state index in [2.05, 4.69) is 0 Å². The molecule has 4 aromatic carbocycles. The molecule has 5 aromatic rings. The van der Waals surface area contributed by atoms with Gasteiger partial charge < -0.3 is 13.9 Å². The molecule has 0 bridgehead atoms. The third kappa shape index (κ3) is 3.60. The Morgan fingerprint density at radius 3 is 2.25 bits per heavy atom. The zero-order valence-electron chi connectivity index (χ0n) is 19.4. The minimum atomic E-state index is -0.693. The number of benzene rings is 4. The van der Waals surface area contributed by atoms with Crippen molar-refractivity contribution in [3.63, 3.8) is 0 Å². The number of fused-ring (bicyclic) bond motifs is 2. The Bertz CT molecular complexity index is 1640. The van der Waals surface area contributed by atoms with Gasteiger partial charge in [0.2, 0.25) is 5.76 Å². The van der Waals surface area contributed by atoms with Crippen LogP contribution in [0.2, 0.25) is 0 Å². The molecule has 1 amide bonds. The minimum absolute atomic E-state index is 0.0499. The minimum Gasteiger partial charge on any atom is -0.497 e. The number of anilines is 1. The first-order valence-electron chi connectivity index (χ1n) is 11.5. The molecular weight excluding hydrogens is 454 g/mol. The van der Waals surface area contributed by atoms with E-state index in [4.69, 9.17) is 13.9 Å². The highest BCUT2D eigenvalue weighted by Gasteiger charge is 2.43. The van der Waals surface area contributed by atoms with Gasteiger partial charge in [0.1, 0.15) is 22.8 Å². The molecule has 0 saturated heterocycles. The molecule has 0 radical (unpaired) electrons. The highest BCUT2D eigenvalue weighted by atomic mass is 16.5. The SMILES string of the molecule is COc1ccc(N2C(=O)c3oc4ccccc4c(=O)c3C2c2cccc(Oc3ccccc3)c2)cc1.